The first-order valence-corrected chi connectivity index (χ1v) is 5.98. The van der Waals surface area contributed by atoms with Gasteiger partial charge in [-0.25, -0.2) is 0 Å². The van der Waals surface area contributed by atoms with E-state index in [9.17, 15) is 4.79 Å². The van der Waals surface area contributed by atoms with Gasteiger partial charge in [-0.3, -0.25) is 4.79 Å². The molecule has 0 aliphatic carbocycles. The molecule has 2 rings (SSSR count). The van der Waals surface area contributed by atoms with Crippen LogP contribution in [-0.4, -0.2) is 39.4 Å². The monoisotopic (exact) mass is 250 g/mol. The Bertz CT molecular complexity index is 434. The summed E-state index contributed by atoms with van der Waals surface area (Å²) in [7, 11) is 1.60. The van der Waals surface area contributed by atoms with Crippen molar-refractivity contribution < 1.29 is 14.3 Å². The highest BCUT2D eigenvalue weighted by Crippen LogP contribution is 2.33. The van der Waals surface area contributed by atoms with Crippen LogP contribution in [0, 0.1) is 0 Å². The third-order valence-corrected chi connectivity index (χ3v) is 2.98. The molecule has 98 valence electrons. The number of anilines is 2. The van der Waals surface area contributed by atoms with Gasteiger partial charge in [-0.05, 0) is 18.1 Å². The van der Waals surface area contributed by atoms with Crippen molar-refractivity contribution in [1.29, 1.82) is 0 Å². The zero-order valence-corrected chi connectivity index (χ0v) is 10.5. The number of amides is 1. The van der Waals surface area contributed by atoms with Crippen LogP contribution in [0.5, 0.6) is 0 Å². The van der Waals surface area contributed by atoms with Crippen molar-refractivity contribution in [3.8, 4) is 0 Å². The third kappa shape index (κ3) is 2.63. The summed E-state index contributed by atoms with van der Waals surface area (Å²) in [6.45, 7) is 1.66. The number of rotatable bonds is 5. The SMILES string of the molecule is COCCOCC(=O)N1CCc2cccc(N)c21. The normalized spacial score (nSPS) is 13.7. The summed E-state index contributed by atoms with van der Waals surface area (Å²) < 4.78 is 10.1. The van der Waals surface area contributed by atoms with Crippen molar-refractivity contribution in [3.05, 3.63) is 23.8 Å². The Morgan fingerprint density at radius 2 is 2.28 bits per heavy atom. The van der Waals surface area contributed by atoms with Gasteiger partial charge in [0.15, 0.2) is 0 Å². The predicted octanol–water partition coefficient (Wildman–Crippen LogP) is 0.821. The minimum Gasteiger partial charge on any atom is -0.397 e. The number of carbonyl (C=O) groups is 1. The van der Waals surface area contributed by atoms with Crippen molar-refractivity contribution in [2.75, 3.05) is 44.1 Å². The molecule has 1 aromatic rings. The van der Waals surface area contributed by atoms with Gasteiger partial charge >= 0.3 is 0 Å². The van der Waals surface area contributed by atoms with E-state index in [0.29, 0.717) is 25.4 Å². The van der Waals surface area contributed by atoms with Gasteiger partial charge in [-0.1, -0.05) is 12.1 Å². The number of nitrogens with zero attached hydrogens (tertiary/aromatic N) is 1. The third-order valence-electron chi connectivity index (χ3n) is 2.98. The topological polar surface area (TPSA) is 64.8 Å². The highest BCUT2D eigenvalue weighted by atomic mass is 16.5. The maximum Gasteiger partial charge on any atom is 0.253 e. The van der Waals surface area contributed by atoms with Crippen molar-refractivity contribution in [2.24, 2.45) is 0 Å². The molecule has 5 heteroatoms. The molecule has 1 amide bonds. The second-order valence-electron chi connectivity index (χ2n) is 4.20. The molecule has 2 N–H and O–H groups in total. The van der Waals surface area contributed by atoms with E-state index in [1.807, 2.05) is 18.2 Å². The largest absolute Gasteiger partial charge is 0.397 e. The van der Waals surface area contributed by atoms with Crippen LogP contribution >= 0.6 is 0 Å². The van der Waals surface area contributed by atoms with E-state index < -0.39 is 0 Å². The molecule has 1 aliphatic rings. The highest BCUT2D eigenvalue weighted by Gasteiger charge is 2.26. The summed E-state index contributed by atoms with van der Waals surface area (Å²) >= 11 is 0. The number of carbonyl (C=O) groups excluding carboxylic acids is 1. The number of nitrogen functional groups attached to an aromatic ring is 1. The average Bonchev–Trinajstić information content (AvgIpc) is 2.80. The summed E-state index contributed by atoms with van der Waals surface area (Å²) in [6.07, 6.45) is 0.851. The van der Waals surface area contributed by atoms with E-state index in [0.717, 1.165) is 17.7 Å². The summed E-state index contributed by atoms with van der Waals surface area (Å²) in [5, 5.41) is 0. The first kappa shape index (κ1) is 12.9. The second kappa shape index (κ2) is 5.84. The summed E-state index contributed by atoms with van der Waals surface area (Å²) in [5.41, 5.74) is 8.54. The van der Waals surface area contributed by atoms with E-state index in [1.54, 1.807) is 12.0 Å². The fraction of sp³-hybridized carbons (Fsp3) is 0.462. The average molecular weight is 250 g/mol. The Morgan fingerprint density at radius 3 is 3.06 bits per heavy atom. The molecule has 0 unspecified atom stereocenters. The minimum atomic E-state index is -0.0530. The summed E-state index contributed by atoms with van der Waals surface area (Å²) in [4.78, 5) is 13.7. The first-order valence-electron chi connectivity index (χ1n) is 5.98. The van der Waals surface area contributed by atoms with Crippen molar-refractivity contribution in [2.45, 2.75) is 6.42 Å². The molecule has 0 fully saturated rings. The Labute approximate surface area is 106 Å². The predicted molar refractivity (Wildman–Crippen MR) is 69.6 cm³/mol. The Balaban J connectivity index is 1.98. The van der Waals surface area contributed by atoms with Crippen LogP contribution in [0.15, 0.2) is 18.2 Å². The van der Waals surface area contributed by atoms with E-state index in [4.69, 9.17) is 15.2 Å². The molecule has 0 saturated heterocycles. The lowest BCUT2D eigenvalue weighted by Gasteiger charge is -2.18. The van der Waals surface area contributed by atoms with E-state index in [1.165, 1.54) is 0 Å². The zero-order chi connectivity index (χ0) is 13.0. The zero-order valence-electron chi connectivity index (χ0n) is 10.5. The molecule has 0 saturated carbocycles. The maximum atomic E-state index is 12.0. The van der Waals surface area contributed by atoms with Gasteiger partial charge in [-0.2, -0.15) is 0 Å². The van der Waals surface area contributed by atoms with Crippen LogP contribution in [0.4, 0.5) is 11.4 Å². The van der Waals surface area contributed by atoms with Crippen LogP contribution < -0.4 is 10.6 Å². The van der Waals surface area contributed by atoms with Crippen LogP contribution in [0.3, 0.4) is 0 Å². The van der Waals surface area contributed by atoms with E-state index in [-0.39, 0.29) is 12.5 Å². The van der Waals surface area contributed by atoms with Gasteiger partial charge in [0.1, 0.15) is 6.61 Å². The van der Waals surface area contributed by atoms with Crippen LogP contribution in [-0.2, 0) is 20.7 Å². The maximum absolute atomic E-state index is 12.0. The quantitative estimate of drug-likeness (QED) is 0.620. The van der Waals surface area contributed by atoms with E-state index >= 15 is 0 Å². The molecule has 0 aromatic heterocycles. The number of benzene rings is 1. The second-order valence-corrected chi connectivity index (χ2v) is 4.20. The lowest BCUT2D eigenvalue weighted by molar-refractivity contribution is -0.123. The van der Waals surface area contributed by atoms with Crippen molar-refractivity contribution in [1.82, 2.24) is 0 Å². The van der Waals surface area contributed by atoms with Gasteiger partial charge in [0, 0.05) is 13.7 Å². The summed E-state index contributed by atoms with van der Waals surface area (Å²) in [6, 6.07) is 5.73. The van der Waals surface area contributed by atoms with Gasteiger partial charge in [-0.15, -0.1) is 0 Å². The highest BCUT2D eigenvalue weighted by molar-refractivity contribution is 5.99. The Kier molecular flexibility index (Phi) is 4.17. The lowest BCUT2D eigenvalue weighted by atomic mass is 10.1. The van der Waals surface area contributed by atoms with Crippen molar-refractivity contribution >= 4 is 17.3 Å². The Hall–Kier alpha value is -1.59. The summed E-state index contributed by atoms with van der Waals surface area (Å²) in [5.74, 6) is -0.0530. The molecular formula is C13H18N2O3. The van der Waals surface area contributed by atoms with Crippen LogP contribution in [0.25, 0.3) is 0 Å². The standard InChI is InChI=1S/C13H18N2O3/c1-17-7-8-18-9-12(16)15-6-5-10-3-2-4-11(14)13(10)15/h2-4H,5-9,14H2,1H3. The molecule has 1 heterocycles. The molecule has 1 aromatic carbocycles. The smallest absolute Gasteiger partial charge is 0.253 e. The fourth-order valence-electron chi connectivity index (χ4n) is 2.12. The number of ether oxygens (including phenoxy) is 2. The molecular weight excluding hydrogens is 232 g/mol. The number of para-hydroxylation sites is 1. The lowest BCUT2D eigenvalue weighted by Crippen LogP contribution is -2.33. The number of hydrogen-bond acceptors (Lipinski definition) is 4. The van der Waals surface area contributed by atoms with Gasteiger partial charge in [0.25, 0.3) is 5.91 Å². The van der Waals surface area contributed by atoms with Crippen LogP contribution in [0.1, 0.15) is 5.56 Å². The fourth-order valence-corrected chi connectivity index (χ4v) is 2.12. The molecule has 5 nitrogen and oxygen atoms in total. The number of methoxy groups -OCH3 is 1. The Morgan fingerprint density at radius 1 is 1.44 bits per heavy atom. The number of nitrogens with two attached hydrogens (primary N) is 1. The van der Waals surface area contributed by atoms with Gasteiger partial charge in [0.2, 0.25) is 0 Å². The molecule has 0 atom stereocenters. The molecule has 0 bridgehead atoms. The number of hydrogen-bond donors (Lipinski definition) is 1. The molecule has 0 radical (unpaired) electrons. The molecule has 1 aliphatic heterocycles. The minimum absolute atomic E-state index is 0.0530. The van der Waals surface area contributed by atoms with Gasteiger partial charge < -0.3 is 20.1 Å². The number of fused-ring (bicyclic) bond motifs is 1. The molecule has 0 spiro atoms. The van der Waals surface area contributed by atoms with Crippen LogP contribution in [0.2, 0.25) is 0 Å². The van der Waals surface area contributed by atoms with Gasteiger partial charge in [0.05, 0.1) is 24.6 Å². The van der Waals surface area contributed by atoms with E-state index in [2.05, 4.69) is 0 Å². The van der Waals surface area contributed by atoms with Crippen molar-refractivity contribution in [3.63, 3.8) is 0 Å². The first-order chi connectivity index (χ1) is 8.74. The molecule has 18 heavy (non-hydrogen) atoms.